The summed E-state index contributed by atoms with van der Waals surface area (Å²) in [6.07, 6.45) is 0.978. The van der Waals surface area contributed by atoms with Gasteiger partial charge in [0.15, 0.2) is 17.5 Å². The highest BCUT2D eigenvalue weighted by atomic mass is 32.2. The number of rotatable bonds is 6. The lowest BCUT2D eigenvalue weighted by molar-refractivity contribution is 0.226. The minimum Gasteiger partial charge on any atom is -0.396 e. The third-order valence-electron chi connectivity index (χ3n) is 2.46. The van der Waals surface area contributed by atoms with E-state index in [0.717, 1.165) is 18.4 Å². The minimum atomic E-state index is -3.41. The van der Waals surface area contributed by atoms with Crippen molar-refractivity contribution in [1.82, 2.24) is 4.72 Å². The fourth-order valence-corrected chi connectivity index (χ4v) is 2.07. The lowest BCUT2D eigenvalue weighted by atomic mass is 10.00. The summed E-state index contributed by atoms with van der Waals surface area (Å²) in [7, 11) is -3.41. The first-order valence-electron chi connectivity index (χ1n) is 5.42. The van der Waals surface area contributed by atoms with Crippen molar-refractivity contribution in [2.24, 2.45) is 5.92 Å². The molecule has 0 heterocycles. The fraction of sp³-hybridized carbons (Fsp3) is 0.455. The minimum absolute atomic E-state index is 0.0210. The summed E-state index contributed by atoms with van der Waals surface area (Å²) in [5, 5.41) is 9.08. The molecule has 1 aromatic carbocycles. The molecule has 1 unspecified atom stereocenters. The van der Waals surface area contributed by atoms with Gasteiger partial charge in [-0.05, 0) is 30.0 Å². The van der Waals surface area contributed by atoms with Gasteiger partial charge in [-0.3, -0.25) is 0 Å². The lowest BCUT2D eigenvalue weighted by Gasteiger charge is -2.14. The van der Waals surface area contributed by atoms with Crippen LogP contribution in [0.15, 0.2) is 12.1 Å². The molecular weight excluding hydrogens is 283 g/mol. The zero-order valence-corrected chi connectivity index (χ0v) is 11.0. The van der Waals surface area contributed by atoms with Gasteiger partial charge in [0, 0.05) is 13.2 Å². The Morgan fingerprint density at radius 3 is 2.21 bits per heavy atom. The molecule has 0 aliphatic carbocycles. The van der Waals surface area contributed by atoms with Gasteiger partial charge in [0.2, 0.25) is 10.0 Å². The molecule has 0 aromatic heterocycles. The van der Waals surface area contributed by atoms with Crippen LogP contribution in [0.3, 0.4) is 0 Å². The van der Waals surface area contributed by atoms with Crippen molar-refractivity contribution in [1.29, 1.82) is 0 Å². The maximum atomic E-state index is 13.0. The Labute approximate surface area is 109 Å². The Balaban J connectivity index is 2.76. The average molecular weight is 297 g/mol. The molecule has 1 atom stereocenters. The molecule has 8 heteroatoms. The number of nitrogens with one attached hydrogen (secondary N) is 1. The smallest absolute Gasteiger partial charge is 0.208 e. The van der Waals surface area contributed by atoms with Crippen LogP contribution >= 0.6 is 0 Å². The van der Waals surface area contributed by atoms with Gasteiger partial charge in [-0.15, -0.1) is 0 Å². The van der Waals surface area contributed by atoms with Crippen LogP contribution in [0, 0.1) is 23.4 Å². The summed E-state index contributed by atoms with van der Waals surface area (Å²) < 4.78 is 62.7. The summed E-state index contributed by atoms with van der Waals surface area (Å²) >= 11 is 0. The number of aliphatic hydroxyl groups excluding tert-OH is 1. The maximum absolute atomic E-state index is 13.0. The van der Waals surface area contributed by atoms with Crippen molar-refractivity contribution < 1.29 is 26.7 Å². The van der Waals surface area contributed by atoms with Crippen molar-refractivity contribution in [3.8, 4) is 0 Å². The number of benzene rings is 1. The van der Waals surface area contributed by atoms with Crippen molar-refractivity contribution in [3.05, 3.63) is 35.1 Å². The first-order valence-corrected chi connectivity index (χ1v) is 7.31. The number of sulfonamides is 1. The van der Waals surface area contributed by atoms with E-state index in [1.807, 2.05) is 0 Å². The highest BCUT2D eigenvalue weighted by Crippen LogP contribution is 2.16. The van der Waals surface area contributed by atoms with E-state index in [9.17, 15) is 21.6 Å². The summed E-state index contributed by atoms with van der Waals surface area (Å²) in [5.41, 5.74) is 0.144. The van der Waals surface area contributed by atoms with Gasteiger partial charge in [0.25, 0.3) is 0 Å². The molecule has 0 radical (unpaired) electrons. The van der Waals surface area contributed by atoms with E-state index in [1.165, 1.54) is 0 Å². The average Bonchev–Trinajstić information content (AvgIpc) is 2.30. The number of halogens is 3. The van der Waals surface area contributed by atoms with Gasteiger partial charge in [-0.1, -0.05) is 0 Å². The number of hydrogen-bond acceptors (Lipinski definition) is 3. The quantitative estimate of drug-likeness (QED) is 0.764. The van der Waals surface area contributed by atoms with Crippen LogP contribution in [0.2, 0.25) is 0 Å². The summed E-state index contributed by atoms with van der Waals surface area (Å²) in [6, 6.07) is 1.64. The Hall–Kier alpha value is -1.12. The van der Waals surface area contributed by atoms with Crippen LogP contribution in [0.4, 0.5) is 13.2 Å². The Kier molecular flexibility index (Phi) is 5.33. The van der Waals surface area contributed by atoms with Crippen molar-refractivity contribution >= 4 is 10.0 Å². The predicted octanol–water partition coefficient (Wildman–Crippen LogP) is 0.804. The van der Waals surface area contributed by atoms with Gasteiger partial charge in [-0.25, -0.2) is 26.3 Å². The molecule has 0 aliphatic heterocycles. The molecule has 0 amide bonds. The van der Waals surface area contributed by atoms with Crippen molar-refractivity contribution in [3.63, 3.8) is 0 Å². The topological polar surface area (TPSA) is 66.4 Å². The molecule has 108 valence electrons. The largest absolute Gasteiger partial charge is 0.396 e. The van der Waals surface area contributed by atoms with E-state index < -0.39 is 33.4 Å². The van der Waals surface area contributed by atoms with Crippen LogP contribution in [0.5, 0.6) is 0 Å². The lowest BCUT2D eigenvalue weighted by Crippen LogP contribution is -2.31. The molecule has 1 rings (SSSR count). The normalized spacial score (nSPS) is 13.5. The third-order valence-corrected chi connectivity index (χ3v) is 3.15. The summed E-state index contributed by atoms with van der Waals surface area (Å²) in [4.78, 5) is 0. The van der Waals surface area contributed by atoms with Gasteiger partial charge in [-0.2, -0.15) is 0 Å². The first-order chi connectivity index (χ1) is 8.73. The van der Waals surface area contributed by atoms with Gasteiger partial charge in [0.1, 0.15) is 0 Å². The van der Waals surface area contributed by atoms with E-state index >= 15 is 0 Å². The van der Waals surface area contributed by atoms with Crippen LogP contribution < -0.4 is 4.72 Å². The Bertz CT molecular complexity index is 525. The van der Waals surface area contributed by atoms with Crippen LogP contribution in [0.1, 0.15) is 5.56 Å². The molecule has 0 fully saturated rings. The monoisotopic (exact) mass is 297 g/mol. The highest BCUT2D eigenvalue weighted by Gasteiger charge is 2.15. The van der Waals surface area contributed by atoms with Gasteiger partial charge >= 0.3 is 0 Å². The van der Waals surface area contributed by atoms with Crippen LogP contribution in [0.25, 0.3) is 0 Å². The molecule has 0 saturated heterocycles. The van der Waals surface area contributed by atoms with Crippen molar-refractivity contribution in [2.75, 3.05) is 19.4 Å². The maximum Gasteiger partial charge on any atom is 0.208 e. The van der Waals surface area contributed by atoms with E-state index in [4.69, 9.17) is 5.11 Å². The van der Waals surface area contributed by atoms with Gasteiger partial charge < -0.3 is 5.11 Å². The van der Waals surface area contributed by atoms with Gasteiger partial charge in [0.05, 0.1) is 6.26 Å². The highest BCUT2D eigenvalue weighted by molar-refractivity contribution is 7.88. The van der Waals surface area contributed by atoms with E-state index in [1.54, 1.807) is 0 Å². The molecular formula is C11H14F3NO3S. The first kappa shape index (κ1) is 15.9. The number of aliphatic hydroxyl groups is 1. The second-order valence-electron chi connectivity index (χ2n) is 4.25. The zero-order valence-electron chi connectivity index (χ0n) is 10.2. The molecule has 0 aliphatic rings. The van der Waals surface area contributed by atoms with Crippen LogP contribution in [-0.2, 0) is 16.4 Å². The van der Waals surface area contributed by atoms with E-state index in [0.29, 0.717) is 0 Å². The number of hydrogen-bond donors (Lipinski definition) is 2. The summed E-state index contributed by atoms with van der Waals surface area (Å²) in [5.74, 6) is -4.75. The second kappa shape index (κ2) is 6.36. The molecule has 0 saturated carbocycles. The van der Waals surface area contributed by atoms with E-state index in [-0.39, 0.29) is 25.1 Å². The molecule has 19 heavy (non-hydrogen) atoms. The van der Waals surface area contributed by atoms with E-state index in [2.05, 4.69) is 4.72 Å². The predicted molar refractivity (Wildman–Crippen MR) is 63.4 cm³/mol. The molecule has 0 bridgehead atoms. The Morgan fingerprint density at radius 1 is 1.26 bits per heavy atom. The molecule has 4 nitrogen and oxygen atoms in total. The zero-order chi connectivity index (χ0) is 14.6. The molecule has 2 N–H and O–H groups in total. The third kappa shape index (κ3) is 5.17. The molecule has 0 spiro atoms. The SMILES string of the molecule is CS(=O)(=O)NCC(CO)Cc1cc(F)c(F)c(F)c1. The standard InChI is InChI=1S/C11H14F3NO3S/c1-19(17,18)15-5-8(6-16)2-7-3-9(12)11(14)10(13)4-7/h3-4,8,15-16H,2,5-6H2,1H3. The second-order valence-corrected chi connectivity index (χ2v) is 6.08. The summed E-state index contributed by atoms with van der Waals surface area (Å²) in [6.45, 7) is -0.445. The van der Waals surface area contributed by atoms with Crippen molar-refractivity contribution in [2.45, 2.75) is 6.42 Å². The fourth-order valence-electron chi connectivity index (χ4n) is 1.53. The molecule has 1 aromatic rings. The van der Waals surface area contributed by atoms with Crippen LogP contribution in [-0.4, -0.2) is 32.9 Å². The Morgan fingerprint density at radius 2 is 1.79 bits per heavy atom.